The monoisotopic (exact) mass is 295 g/mol. The van der Waals surface area contributed by atoms with Crippen LogP contribution >= 0.6 is 0 Å². The number of nitrogens with one attached hydrogen (secondary N) is 1. The molecule has 0 atom stereocenters. The molecule has 1 aliphatic heterocycles. The highest BCUT2D eigenvalue weighted by Gasteiger charge is 2.23. The molecule has 1 aliphatic rings. The van der Waals surface area contributed by atoms with Gasteiger partial charge >= 0.3 is 0 Å². The van der Waals surface area contributed by atoms with Crippen LogP contribution < -0.4 is 10.2 Å². The van der Waals surface area contributed by atoms with Gasteiger partial charge in [0, 0.05) is 30.9 Å². The van der Waals surface area contributed by atoms with Crippen LogP contribution in [0.4, 0.5) is 5.69 Å². The van der Waals surface area contributed by atoms with E-state index in [-0.39, 0.29) is 11.8 Å². The van der Waals surface area contributed by atoms with Crippen LogP contribution in [0.5, 0.6) is 0 Å². The van der Waals surface area contributed by atoms with Gasteiger partial charge in [-0.05, 0) is 42.3 Å². The van der Waals surface area contributed by atoms with Crippen molar-refractivity contribution in [2.45, 2.75) is 19.9 Å². The van der Waals surface area contributed by atoms with E-state index < -0.39 is 0 Å². The lowest BCUT2D eigenvalue weighted by Gasteiger charge is -2.14. The van der Waals surface area contributed by atoms with Gasteiger partial charge in [0.15, 0.2) is 0 Å². The molecule has 5 heteroatoms. The summed E-state index contributed by atoms with van der Waals surface area (Å²) in [5.41, 5.74) is 3.38. The Morgan fingerprint density at radius 2 is 2.14 bits per heavy atom. The zero-order valence-corrected chi connectivity index (χ0v) is 12.4. The molecule has 1 N–H and O–H groups in total. The third-order valence-electron chi connectivity index (χ3n) is 3.77. The summed E-state index contributed by atoms with van der Waals surface area (Å²) < 4.78 is 0. The standard InChI is InChI=1S/C17H17N3O2/c1-12(21)20-9-7-13-10-14(5-6-16(13)20)17(22)19-11-15-4-2-3-8-18-15/h2-6,8,10H,7,9,11H2,1H3,(H,19,22). The molecule has 0 radical (unpaired) electrons. The molecule has 3 rings (SSSR count). The molecule has 2 amide bonds. The van der Waals surface area contributed by atoms with Crippen molar-refractivity contribution >= 4 is 17.5 Å². The Balaban J connectivity index is 1.71. The van der Waals surface area contributed by atoms with Gasteiger partial charge in [-0.1, -0.05) is 6.07 Å². The number of pyridine rings is 1. The third-order valence-corrected chi connectivity index (χ3v) is 3.77. The lowest BCUT2D eigenvalue weighted by atomic mass is 10.1. The van der Waals surface area contributed by atoms with Gasteiger partial charge in [0.05, 0.1) is 12.2 Å². The van der Waals surface area contributed by atoms with Crippen molar-refractivity contribution in [3.05, 3.63) is 59.4 Å². The molecule has 1 aromatic heterocycles. The smallest absolute Gasteiger partial charge is 0.251 e. The lowest BCUT2D eigenvalue weighted by Crippen LogP contribution is -2.26. The van der Waals surface area contributed by atoms with Gasteiger partial charge in [-0.3, -0.25) is 14.6 Å². The maximum absolute atomic E-state index is 12.2. The molecule has 0 bridgehead atoms. The summed E-state index contributed by atoms with van der Waals surface area (Å²) in [6, 6.07) is 11.1. The fourth-order valence-electron chi connectivity index (χ4n) is 2.65. The van der Waals surface area contributed by atoms with Crippen molar-refractivity contribution in [3.8, 4) is 0 Å². The fraction of sp³-hybridized carbons (Fsp3) is 0.235. The van der Waals surface area contributed by atoms with Crippen molar-refractivity contribution in [2.24, 2.45) is 0 Å². The van der Waals surface area contributed by atoms with E-state index in [4.69, 9.17) is 0 Å². The van der Waals surface area contributed by atoms with Gasteiger partial charge in [0.25, 0.3) is 5.91 Å². The minimum atomic E-state index is -0.130. The van der Waals surface area contributed by atoms with Crippen LogP contribution in [-0.2, 0) is 17.8 Å². The minimum Gasteiger partial charge on any atom is -0.346 e. The predicted octanol–water partition coefficient (Wildman–Crippen LogP) is 1.92. The van der Waals surface area contributed by atoms with Gasteiger partial charge in [-0.15, -0.1) is 0 Å². The summed E-state index contributed by atoms with van der Waals surface area (Å²) in [7, 11) is 0. The Kier molecular flexibility index (Phi) is 3.87. The molecule has 2 aromatic rings. The number of anilines is 1. The molecule has 0 saturated carbocycles. The Labute approximate surface area is 129 Å². The van der Waals surface area contributed by atoms with Gasteiger partial charge in [-0.2, -0.15) is 0 Å². The second-order valence-electron chi connectivity index (χ2n) is 5.27. The highest BCUT2D eigenvalue weighted by atomic mass is 16.2. The maximum Gasteiger partial charge on any atom is 0.251 e. The summed E-state index contributed by atoms with van der Waals surface area (Å²) in [6.07, 6.45) is 2.49. The van der Waals surface area contributed by atoms with Crippen molar-refractivity contribution in [1.29, 1.82) is 0 Å². The molecule has 0 spiro atoms. The summed E-state index contributed by atoms with van der Waals surface area (Å²) in [4.78, 5) is 29.7. The van der Waals surface area contributed by atoms with E-state index in [0.29, 0.717) is 18.7 Å². The van der Waals surface area contributed by atoms with E-state index in [9.17, 15) is 9.59 Å². The molecule has 1 aromatic carbocycles. The van der Waals surface area contributed by atoms with E-state index in [1.807, 2.05) is 30.3 Å². The zero-order valence-electron chi connectivity index (χ0n) is 12.4. The van der Waals surface area contributed by atoms with Crippen LogP contribution in [0.25, 0.3) is 0 Å². The third kappa shape index (κ3) is 2.83. The van der Waals surface area contributed by atoms with Crippen LogP contribution in [-0.4, -0.2) is 23.3 Å². The van der Waals surface area contributed by atoms with Gasteiger partial charge < -0.3 is 10.2 Å². The summed E-state index contributed by atoms with van der Waals surface area (Å²) in [5.74, 6) is -0.0965. The molecule has 0 unspecified atom stereocenters. The number of carbonyl (C=O) groups is 2. The molecule has 112 valence electrons. The minimum absolute atomic E-state index is 0.0334. The van der Waals surface area contributed by atoms with Gasteiger partial charge in [0.2, 0.25) is 5.91 Å². The van der Waals surface area contributed by atoms with Crippen LogP contribution in [0.3, 0.4) is 0 Å². The van der Waals surface area contributed by atoms with Gasteiger partial charge in [0.1, 0.15) is 0 Å². The van der Waals surface area contributed by atoms with Crippen LogP contribution in [0.2, 0.25) is 0 Å². The number of benzene rings is 1. The number of hydrogen-bond donors (Lipinski definition) is 1. The van der Waals surface area contributed by atoms with Crippen molar-refractivity contribution in [3.63, 3.8) is 0 Å². The number of rotatable bonds is 3. The highest BCUT2D eigenvalue weighted by Crippen LogP contribution is 2.28. The van der Waals surface area contributed by atoms with E-state index >= 15 is 0 Å². The topological polar surface area (TPSA) is 62.3 Å². The normalized spacial score (nSPS) is 12.9. The fourth-order valence-corrected chi connectivity index (χ4v) is 2.65. The molecule has 22 heavy (non-hydrogen) atoms. The van der Waals surface area contributed by atoms with Crippen LogP contribution in [0, 0.1) is 0 Å². The number of nitrogens with zero attached hydrogens (tertiary/aromatic N) is 2. The molecule has 2 heterocycles. The van der Waals surface area contributed by atoms with Crippen LogP contribution in [0.15, 0.2) is 42.6 Å². The Bertz CT molecular complexity index is 713. The van der Waals surface area contributed by atoms with E-state index in [1.54, 1.807) is 24.1 Å². The average Bonchev–Trinajstić information content (AvgIpc) is 2.97. The van der Waals surface area contributed by atoms with Crippen LogP contribution in [0.1, 0.15) is 28.5 Å². The van der Waals surface area contributed by atoms with E-state index in [1.165, 1.54) is 0 Å². The molecule has 5 nitrogen and oxygen atoms in total. The lowest BCUT2D eigenvalue weighted by molar-refractivity contribution is -0.116. The van der Waals surface area contributed by atoms with E-state index in [0.717, 1.165) is 23.4 Å². The molecule has 0 aliphatic carbocycles. The molecule has 0 fully saturated rings. The summed E-state index contributed by atoms with van der Waals surface area (Å²) >= 11 is 0. The quantitative estimate of drug-likeness (QED) is 0.941. The van der Waals surface area contributed by atoms with E-state index in [2.05, 4.69) is 10.3 Å². The first-order chi connectivity index (χ1) is 10.6. The first-order valence-electron chi connectivity index (χ1n) is 7.24. The second-order valence-corrected chi connectivity index (χ2v) is 5.27. The summed E-state index contributed by atoms with van der Waals surface area (Å²) in [6.45, 7) is 2.64. The predicted molar refractivity (Wildman–Crippen MR) is 83.6 cm³/mol. The van der Waals surface area contributed by atoms with Gasteiger partial charge in [-0.25, -0.2) is 0 Å². The highest BCUT2D eigenvalue weighted by molar-refractivity contribution is 5.97. The number of amides is 2. The average molecular weight is 295 g/mol. The molecular formula is C17H17N3O2. The largest absolute Gasteiger partial charge is 0.346 e. The molecule has 0 saturated heterocycles. The maximum atomic E-state index is 12.2. The Morgan fingerprint density at radius 3 is 2.86 bits per heavy atom. The Morgan fingerprint density at radius 1 is 1.27 bits per heavy atom. The van der Waals surface area contributed by atoms with Crippen molar-refractivity contribution < 1.29 is 9.59 Å². The SMILES string of the molecule is CC(=O)N1CCc2cc(C(=O)NCc3ccccn3)ccc21. The van der Waals surface area contributed by atoms with Crippen molar-refractivity contribution in [2.75, 3.05) is 11.4 Å². The van der Waals surface area contributed by atoms with Crippen molar-refractivity contribution in [1.82, 2.24) is 10.3 Å². The number of aromatic nitrogens is 1. The zero-order chi connectivity index (χ0) is 15.5. The summed E-state index contributed by atoms with van der Waals surface area (Å²) in [5, 5.41) is 2.86. The second kappa shape index (κ2) is 5.97. The number of fused-ring (bicyclic) bond motifs is 1. The first kappa shape index (κ1) is 14.3. The number of carbonyl (C=O) groups excluding carboxylic acids is 2. The number of hydrogen-bond acceptors (Lipinski definition) is 3. The molecular weight excluding hydrogens is 278 g/mol. The first-order valence-corrected chi connectivity index (χ1v) is 7.24. The Hall–Kier alpha value is -2.69.